The van der Waals surface area contributed by atoms with Crippen LogP contribution in [0.1, 0.15) is 11.1 Å². The third-order valence-corrected chi connectivity index (χ3v) is 2.96. The van der Waals surface area contributed by atoms with Crippen molar-refractivity contribution < 1.29 is 13.2 Å². The average molecular weight is 277 g/mol. The van der Waals surface area contributed by atoms with E-state index < -0.39 is 11.7 Å². The van der Waals surface area contributed by atoms with Crippen LogP contribution in [0.25, 0.3) is 22.4 Å². The Morgan fingerprint density at radius 1 is 1.10 bits per heavy atom. The standard InChI is InChI=1S/C14H10F3N3/c1-8-4-9(7-18-6-8)13-19-11-3-2-10(14(15,16)17)5-12(11)20-13/h2-7H,1H3,(H,19,20). The summed E-state index contributed by atoms with van der Waals surface area (Å²) in [5.74, 6) is 0.510. The van der Waals surface area contributed by atoms with E-state index in [0.717, 1.165) is 23.3 Å². The summed E-state index contributed by atoms with van der Waals surface area (Å²) in [7, 11) is 0. The number of aromatic nitrogens is 3. The van der Waals surface area contributed by atoms with Crippen molar-refractivity contribution in [3.05, 3.63) is 47.8 Å². The van der Waals surface area contributed by atoms with Crippen LogP contribution in [0.5, 0.6) is 0 Å². The average Bonchev–Trinajstić information content (AvgIpc) is 2.80. The second-order valence-electron chi connectivity index (χ2n) is 4.57. The van der Waals surface area contributed by atoms with Crippen molar-refractivity contribution in [1.29, 1.82) is 0 Å². The molecule has 0 unspecified atom stereocenters. The molecule has 3 nitrogen and oxygen atoms in total. The normalized spacial score (nSPS) is 12.0. The highest BCUT2D eigenvalue weighted by Crippen LogP contribution is 2.31. The monoisotopic (exact) mass is 277 g/mol. The van der Waals surface area contributed by atoms with Crippen LogP contribution >= 0.6 is 0 Å². The second kappa shape index (κ2) is 4.33. The summed E-state index contributed by atoms with van der Waals surface area (Å²) >= 11 is 0. The minimum Gasteiger partial charge on any atom is -0.338 e. The lowest BCUT2D eigenvalue weighted by Crippen LogP contribution is -2.04. The molecule has 2 heterocycles. The van der Waals surface area contributed by atoms with Crippen molar-refractivity contribution in [3.63, 3.8) is 0 Å². The third-order valence-electron chi connectivity index (χ3n) is 2.96. The van der Waals surface area contributed by atoms with Crippen LogP contribution in [0, 0.1) is 6.92 Å². The molecule has 2 aromatic heterocycles. The van der Waals surface area contributed by atoms with E-state index in [-0.39, 0.29) is 0 Å². The fourth-order valence-electron chi connectivity index (χ4n) is 2.01. The number of benzene rings is 1. The molecule has 0 atom stereocenters. The highest BCUT2D eigenvalue weighted by molar-refractivity contribution is 5.80. The minimum absolute atomic E-state index is 0.358. The second-order valence-corrected chi connectivity index (χ2v) is 4.57. The summed E-state index contributed by atoms with van der Waals surface area (Å²) in [5.41, 5.74) is 1.86. The SMILES string of the molecule is Cc1cncc(-c2nc3ccc(C(F)(F)F)cc3[nH]2)c1. The minimum atomic E-state index is -4.36. The van der Waals surface area contributed by atoms with Crippen LogP contribution in [-0.2, 0) is 6.18 Å². The number of aromatic amines is 1. The van der Waals surface area contributed by atoms with Crippen LogP contribution in [0.2, 0.25) is 0 Å². The Kier molecular flexibility index (Phi) is 2.74. The van der Waals surface area contributed by atoms with Crippen LogP contribution in [0.15, 0.2) is 36.7 Å². The number of nitrogens with zero attached hydrogens (tertiary/aromatic N) is 2. The highest BCUT2D eigenvalue weighted by atomic mass is 19.4. The predicted octanol–water partition coefficient (Wildman–Crippen LogP) is 3.95. The first-order chi connectivity index (χ1) is 9.43. The maximum Gasteiger partial charge on any atom is 0.416 e. The van der Waals surface area contributed by atoms with Gasteiger partial charge in [-0.2, -0.15) is 13.2 Å². The van der Waals surface area contributed by atoms with Gasteiger partial charge in [0.25, 0.3) is 0 Å². The van der Waals surface area contributed by atoms with Crippen LogP contribution in [0.3, 0.4) is 0 Å². The van der Waals surface area contributed by atoms with E-state index in [2.05, 4.69) is 15.0 Å². The van der Waals surface area contributed by atoms with E-state index in [0.29, 0.717) is 16.9 Å². The summed E-state index contributed by atoms with van der Waals surface area (Å²) in [6.45, 7) is 1.89. The molecule has 1 aromatic carbocycles. The lowest BCUT2D eigenvalue weighted by molar-refractivity contribution is -0.137. The van der Waals surface area contributed by atoms with E-state index in [1.54, 1.807) is 12.4 Å². The molecule has 0 spiro atoms. The summed E-state index contributed by atoms with van der Waals surface area (Å²) < 4.78 is 38.0. The van der Waals surface area contributed by atoms with Gasteiger partial charge < -0.3 is 4.98 Å². The number of nitrogens with one attached hydrogen (secondary N) is 1. The molecule has 20 heavy (non-hydrogen) atoms. The number of rotatable bonds is 1. The van der Waals surface area contributed by atoms with Gasteiger partial charge in [0.05, 0.1) is 16.6 Å². The van der Waals surface area contributed by atoms with Gasteiger partial charge in [-0.25, -0.2) is 4.98 Å². The molecule has 0 saturated carbocycles. The van der Waals surface area contributed by atoms with Crippen molar-refractivity contribution in [2.45, 2.75) is 13.1 Å². The molecule has 0 bridgehead atoms. The first-order valence-electron chi connectivity index (χ1n) is 5.92. The Morgan fingerprint density at radius 3 is 2.60 bits per heavy atom. The fraction of sp³-hybridized carbons (Fsp3) is 0.143. The number of aryl methyl sites for hydroxylation is 1. The summed E-state index contributed by atoms with van der Waals surface area (Å²) in [6, 6.07) is 5.33. The van der Waals surface area contributed by atoms with Crippen LogP contribution in [0.4, 0.5) is 13.2 Å². The van der Waals surface area contributed by atoms with Crippen molar-refractivity contribution >= 4 is 11.0 Å². The predicted molar refractivity (Wildman–Crippen MR) is 69.1 cm³/mol. The number of hydrogen-bond donors (Lipinski definition) is 1. The number of fused-ring (bicyclic) bond motifs is 1. The molecular formula is C14H10F3N3. The number of imidazole rings is 1. The van der Waals surface area contributed by atoms with Crippen LogP contribution < -0.4 is 0 Å². The van der Waals surface area contributed by atoms with Crippen molar-refractivity contribution in [2.75, 3.05) is 0 Å². The summed E-state index contributed by atoms with van der Waals surface area (Å²) in [6.07, 6.45) is -1.03. The maximum absolute atomic E-state index is 12.7. The number of hydrogen-bond acceptors (Lipinski definition) is 2. The molecule has 6 heteroatoms. The Labute approximate surface area is 112 Å². The van der Waals surface area contributed by atoms with Gasteiger partial charge >= 0.3 is 6.18 Å². The van der Waals surface area contributed by atoms with Crippen molar-refractivity contribution in [3.8, 4) is 11.4 Å². The molecule has 0 radical (unpaired) electrons. The van der Waals surface area contributed by atoms with Gasteiger partial charge in [-0.3, -0.25) is 4.98 Å². The molecule has 102 valence electrons. The largest absolute Gasteiger partial charge is 0.416 e. The first-order valence-corrected chi connectivity index (χ1v) is 5.92. The maximum atomic E-state index is 12.7. The van der Waals surface area contributed by atoms with Gasteiger partial charge in [0.2, 0.25) is 0 Å². The van der Waals surface area contributed by atoms with Crippen LogP contribution in [-0.4, -0.2) is 15.0 Å². The number of halogens is 3. The molecule has 0 aliphatic heterocycles. The molecular weight excluding hydrogens is 267 g/mol. The zero-order chi connectivity index (χ0) is 14.3. The lowest BCUT2D eigenvalue weighted by atomic mass is 10.2. The highest BCUT2D eigenvalue weighted by Gasteiger charge is 2.30. The zero-order valence-corrected chi connectivity index (χ0v) is 10.5. The van der Waals surface area contributed by atoms with Gasteiger partial charge in [-0.1, -0.05) is 0 Å². The number of H-pyrrole nitrogens is 1. The Balaban J connectivity index is 2.11. The molecule has 3 aromatic rings. The summed E-state index contributed by atoms with van der Waals surface area (Å²) in [4.78, 5) is 11.2. The molecule has 1 N–H and O–H groups in total. The molecule has 0 aliphatic carbocycles. The third kappa shape index (κ3) is 2.24. The van der Waals surface area contributed by atoms with Gasteiger partial charge in [-0.15, -0.1) is 0 Å². The molecule has 0 amide bonds. The number of alkyl halides is 3. The first kappa shape index (κ1) is 12.7. The Bertz CT molecular complexity index is 775. The zero-order valence-electron chi connectivity index (χ0n) is 10.5. The molecule has 3 rings (SSSR count). The Hall–Kier alpha value is -2.37. The van der Waals surface area contributed by atoms with Gasteiger partial charge in [0, 0.05) is 18.0 Å². The quantitative estimate of drug-likeness (QED) is 0.731. The van der Waals surface area contributed by atoms with Gasteiger partial charge in [0.1, 0.15) is 5.82 Å². The number of pyridine rings is 1. The van der Waals surface area contributed by atoms with E-state index in [1.807, 2.05) is 13.0 Å². The molecule has 0 aliphatic rings. The van der Waals surface area contributed by atoms with Crippen molar-refractivity contribution in [2.24, 2.45) is 0 Å². The lowest BCUT2D eigenvalue weighted by Gasteiger charge is -2.05. The summed E-state index contributed by atoms with van der Waals surface area (Å²) in [5, 5.41) is 0. The smallest absolute Gasteiger partial charge is 0.338 e. The van der Waals surface area contributed by atoms with E-state index >= 15 is 0 Å². The topological polar surface area (TPSA) is 41.6 Å². The van der Waals surface area contributed by atoms with Crippen molar-refractivity contribution in [1.82, 2.24) is 15.0 Å². The Morgan fingerprint density at radius 2 is 1.90 bits per heavy atom. The molecule has 0 fully saturated rings. The van der Waals surface area contributed by atoms with E-state index in [1.165, 1.54) is 6.07 Å². The van der Waals surface area contributed by atoms with E-state index in [4.69, 9.17) is 0 Å². The van der Waals surface area contributed by atoms with E-state index in [9.17, 15) is 13.2 Å². The van der Waals surface area contributed by atoms with Gasteiger partial charge in [-0.05, 0) is 36.8 Å². The van der Waals surface area contributed by atoms with Gasteiger partial charge in [0.15, 0.2) is 0 Å². The molecule has 0 saturated heterocycles. The fourth-order valence-corrected chi connectivity index (χ4v) is 2.01.